The normalized spacial score (nSPS) is 23.9. The predicted molar refractivity (Wildman–Crippen MR) is 187 cm³/mol. The summed E-state index contributed by atoms with van der Waals surface area (Å²) in [4.78, 5) is 4.51. The van der Waals surface area contributed by atoms with Crippen LogP contribution in [-0.2, 0) is 10.8 Å². The SMILES string of the molecule is CN(c1ccccc1)c1ccc2c(c1)OC1(C=C2C[N+]2(C)CC(C)(C)c3cc(Cl)ccc32)N(C)c2ccc(Cl)cc2C1(C)C. The highest BCUT2D eigenvalue weighted by atomic mass is 35.5. The van der Waals surface area contributed by atoms with E-state index in [1.165, 1.54) is 22.4 Å². The van der Waals surface area contributed by atoms with Gasteiger partial charge in [-0.1, -0.05) is 55.2 Å². The van der Waals surface area contributed by atoms with Crippen LogP contribution in [0.15, 0.2) is 91.0 Å². The Morgan fingerprint density at radius 2 is 1.52 bits per heavy atom. The molecule has 7 rings (SSSR count). The highest BCUT2D eigenvalue weighted by molar-refractivity contribution is 6.31. The van der Waals surface area contributed by atoms with Crippen LogP contribution in [0.25, 0.3) is 5.57 Å². The number of nitrogens with zero attached hydrogens (tertiary/aromatic N) is 3. The summed E-state index contributed by atoms with van der Waals surface area (Å²) in [6, 6.07) is 29.7. The second-order valence-electron chi connectivity index (χ2n) is 14.1. The topological polar surface area (TPSA) is 15.7 Å². The number of para-hydroxylation sites is 1. The zero-order valence-electron chi connectivity index (χ0n) is 26.6. The fourth-order valence-corrected chi connectivity index (χ4v) is 8.50. The zero-order chi connectivity index (χ0) is 31.2. The van der Waals surface area contributed by atoms with E-state index in [9.17, 15) is 0 Å². The molecule has 0 N–H and O–H groups in total. The zero-order valence-corrected chi connectivity index (χ0v) is 28.1. The molecule has 3 heterocycles. The van der Waals surface area contributed by atoms with Gasteiger partial charge in [0.15, 0.2) is 0 Å². The first-order valence-corrected chi connectivity index (χ1v) is 16.0. The molecule has 4 aromatic rings. The van der Waals surface area contributed by atoms with Crippen molar-refractivity contribution in [3.63, 3.8) is 0 Å². The summed E-state index contributed by atoms with van der Waals surface area (Å²) in [6.07, 6.45) is 2.40. The van der Waals surface area contributed by atoms with E-state index in [1.54, 1.807) is 0 Å². The predicted octanol–water partition coefficient (Wildman–Crippen LogP) is 9.59. The molecule has 0 saturated carbocycles. The van der Waals surface area contributed by atoms with Crippen molar-refractivity contribution in [2.75, 3.05) is 44.0 Å². The van der Waals surface area contributed by atoms with E-state index >= 15 is 0 Å². The van der Waals surface area contributed by atoms with E-state index in [4.69, 9.17) is 27.9 Å². The smallest absolute Gasteiger partial charge is 0.212 e. The average molecular weight is 626 g/mol. The standard InChI is InChI=1S/C38H40Cl2N3O/c1-36(2)24-43(7,34-18-14-27(40)20-32(34)36)23-25-22-38(37(3,4)31-19-26(39)13-17-33(31)42(38)6)44-35-21-29(15-16-30(25)35)41(5)28-11-9-8-10-12-28/h8-22H,23-24H2,1-7H3/q+1. The van der Waals surface area contributed by atoms with Gasteiger partial charge in [-0.05, 0) is 80.1 Å². The highest BCUT2D eigenvalue weighted by Crippen LogP contribution is 2.57. The van der Waals surface area contributed by atoms with E-state index in [2.05, 4.69) is 131 Å². The Hall–Kier alpha value is -3.44. The molecule has 0 aromatic heterocycles. The van der Waals surface area contributed by atoms with E-state index in [1.807, 2.05) is 18.2 Å². The summed E-state index contributed by atoms with van der Waals surface area (Å²) < 4.78 is 8.05. The van der Waals surface area contributed by atoms with Crippen LogP contribution < -0.4 is 19.0 Å². The van der Waals surface area contributed by atoms with E-state index < -0.39 is 5.72 Å². The van der Waals surface area contributed by atoms with Crippen molar-refractivity contribution < 1.29 is 4.74 Å². The first-order chi connectivity index (χ1) is 20.8. The van der Waals surface area contributed by atoms with Gasteiger partial charge in [-0.25, -0.2) is 0 Å². The number of ether oxygens (including phenoxy) is 1. The first kappa shape index (κ1) is 29.3. The van der Waals surface area contributed by atoms with Gasteiger partial charge in [0.1, 0.15) is 18.0 Å². The van der Waals surface area contributed by atoms with Crippen LogP contribution in [0.5, 0.6) is 5.75 Å². The number of quaternary nitrogens is 1. The summed E-state index contributed by atoms with van der Waals surface area (Å²) in [5.41, 5.74) is 8.47. The van der Waals surface area contributed by atoms with Crippen molar-refractivity contribution in [3.05, 3.63) is 118 Å². The van der Waals surface area contributed by atoms with Crippen LogP contribution in [0.2, 0.25) is 10.0 Å². The van der Waals surface area contributed by atoms with Crippen molar-refractivity contribution >= 4 is 51.5 Å². The molecule has 44 heavy (non-hydrogen) atoms. The summed E-state index contributed by atoms with van der Waals surface area (Å²) in [7, 11) is 6.61. The second kappa shape index (κ2) is 9.78. The van der Waals surface area contributed by atoms with Gasteiger partial charge < -0.3 is 14.5 Å². The van der Waals surface area contributed by atoms with Crippen LogP contribution in [0, 0.1) is 0 Å². The fourth-order valence-electron chi connectivity index (χ4n) is 8.16. The number of likely N-dealkylation sites (N-methyl/N-ethyl adjacent to an activating group) is 2. The quantitative estimate of drug-likeness (QED) is 0.210. The van der Waals surface area contributed by atoms with Crippen LogP contribution in [0.1, 0.15) is 44.4 Å². The number of rotatable bonds is 4. The molecule has 0 aliphatic carbocycles. The number of hydrogen-bond donors (Lipinski definition) is 0. The Morgan fingerprint density at radius 1 is 0.841 bits per heavy atom. The molecule has 3 aliphatic rings. The van der Waals surface area contributed by atoms with Gasteiger partial charge in [-0.15, -0.1) is 0 Å². The minimum absolute atomic E-state index is 0.000113. The summed E-state index contributed by atoms with van der Waals surface area (Å²) in [5.74, 6) is 0.892. The van der Waals surface area contributed by atoms with Crippen molar-refractivity contribution in [1.29, 1.82) is 0 Å². The maximum absolute atomic E-state index is 7.27. The second-order valence-corrected chi connectivity index (χ2v) is 15.0. The van der Waals surface area contributed by atoms with E-state index in [0.717, 1.165) is 56.0 Å². The molecule has 1 spiro atoms. The maximum atomic E-state index is 7.27. The lowest BCUT2D eigenvalue weighted by atomic mass is 9.75. The van der Waals surface area contributed by atoms with Gasteiger partial charge in [-0.3, -0.25) is 4.48 Å². The lowest BCUT2D eigenvalue weighted by Gasteiger charge is -2.47. The molecule has 0 bridgehead atoms. The Kier molecular flexibility index (Phi) is 6.51. The van der Waals surface area contributed by atoms with Gasteiger partial charge in [0.25, 0.3) is 0 Å². The summed E-state index contributed by atoms with van der Waals surface area (Å²) in [6.45, 7) is 11.0. The first-order valence-electron chi connectivity index (χ1n) is 15.3. The number of benzene rings is 4. The molecular weight excluding hydrogens is 585 g/mol. The maximum Gasteiger partial charge on any atom is 0.212 e. The monoisotopic (exact) mass is 624 g/mol. The lowest BCUT2D eigenvalue weighted by Crippen LogP contribution is -2.59. The van der Waals surface area contributed by atoms with Crippen molar-refractivity contribution in [2.24, 2.45) is 0 Å². The van der Waals surface area contributed by atoms with E-state index in [0.29, 0.717) is 0 Å². The Labute approximate surface area is 271 Å². The number of anilines is 3. The average Bonchev–Trinajstić information content (AvgIpc) is 3.27. The van der Waals surface area contributed by atoms with Crippen LogP contribution in [0.4, 0.5) is 22.7 Å². The third-order valence-corrected chi connectivity index (χ3v) is 10.9. The molecule has 3 aliphatic heterocycles. The fraction of sp³-hybridized carbons (Fsp3) is 0.316. The van der Waals surface area contributed by atoms with Crippen molar-refractivity contribution in [2.45, 2.75) is 44.2 Å². The van der Waals surface area contributed by atoms with Crippen molar-refractivity contribution in [1.82, 2.24) is 4.48 Å². The Morgan fingerprint density at radius 3 is 2.25 bits per heavy atom. The van der Waals surface area contributed by atoms with Gasteiger partial charge in [0, 0.05) is 75.5 Å². The molecule has 4 nitrogen and oxygen atoms in total. The molecule has 2 unspecified atom stereocenters. The summed E-state index contributed by atoms with van der Waals surface area (Å²) in [5, 5.41) is 1.53. The molecule has 2 atom stereocenters. The van der Waals surface area contributed by atoms with Gasteiger partial charge in [0.2, 0.25) is 5.72 Å². The molecule has 6 heteroatoms. The van der Waals surface area contributed by atoms with Crippen LogP contribution in [0.3, 0.4) is 0 Å². The van der Waals surface area contributed by atoms with Crippen LogP contribution in [-0.4, -0.2) is 40.0 Å². The highest BCUT2D eigenvalue weighted by Gasteiger charge is 2.59. The van der Waals surface area contributed by atoms with Gasteiger partial charge in [-0.2, -0.15) is 0 Å². The Balaban J connectivity index is 1.40. The molecule has 226 valence electrons. The molecule has 0 radical (unpaired) electrons. The lowest BCUT2D eigenvalue weighted by molar-refractivity contribution is 0.0570. The Bertz CT molecular complexity index is 1830. The number of hydrogen-bond acceptors (Lipinski definition) is 3. The molecule has 0 saturated heterocycles. The number of fused-ring (bicyclic) bond motifs is 3. The molecular formula is C38H40Cl2N3O+. The summed E-state index contributed by atoms with van der Waals surface area (Å²) >= 11 is 13.1. The molecule has 4 aromatic carbocycles. The van der Waals surface area contributed by atoms with Gasteiger partial charge in [0.05, 0.1) is 19.0 Å². The third kappa shape index (κ3) is 4.22. The molecule has 0 fully saturated rings. The number of halogens is 2. The van der Waals surface area contributed by atoms with Crippen LogP contribution >= 0.6 is 23.2 Å². The van der Waals surface area contributed by atoms with E-state index in [-0.39, 0.29) is 10.8 Å². The minimum Gasteiger partial charge on any atom is -0.463 e. The van der Waals surface area contributed by atoms with Gasteiger partial charge >= 0.3 is 0 Å². The third-order valence-electron chi connectivity index (χ3n) is 10.4. The largest absolute Gasteiger partial charge is 0.463 e. The molecule has 0 amide bonds. The van der Waals surface area contributed by atoms with Crippen molar-refractivity contribution in [3.8, 4) is 5.75 Å². The minimum atomic E-state index is -0.747.